The van der Waals surface area contributed by atoms with Crippen molar-refractivity contribution in [1.82, 2.24) is 4.90 Å². The average molecular weight is 419 g/mol. The van der Waals surface area contributed by atoms with Crippen LogP contribution in [0.2, 0.25) is 0 Å². The van der Waals surface area contributed by atoms with Crippen LogP contribution >= 0.6 is 0 Å². The maximum Gasteiger partial charge on any atom is 0.264 e. The number of hydrogen-bond donors (Lipinski definition) is 1. The van der Waals surface area contributed by atoms with Gasteiger partial charge in [-0.15, -0.1) is 0 Å². The van der Waals surface area contributed by atoms with Crippen molar-refractivity contribution in [3.05, 3.63) is 59.7 Å². The first kappa shape index (κ1) is 21.9. The molecule has 2 aromatic rings. The van der Waals surface area contributed by atoms with Crippen LogP contribution in [0.4, 0.5) is 5.69 Å². The molecule has 1 aliphatic heterocycles. The number of para-hydroxylation sites is 1. The van der Waals surface area contributed by atoms with Crippen molar-refractivity contribution < 1.29 is 19.1 Å². The number of anilines is 1. The van der Waals surface area contributed by atoms with Crippen molar-refractivity contribution >= 4 is 23.6 Å². The molecule has 1 aliphatic rings. The number of carbonyl (C=O) groups is 2. The number of carbonyl (C=O) groups excluding carboxylic acids is 2. The first-order valence-electron chi connectivity index (χ1n) is 10.3. The molecule has 31 heavy (non-hydrogen) atoms. The lowest BCUT2D eigenvalue weighted by Crippen LogP contribution is -2.28. The topological polar surface area (TPSA) is 91.7 Å². The Balaban J connectivity index is 1.70. The van der Waals surface area contributed by atoms with Gasteiger partial charge < -0.3 is 19.7 Å². The lowest BCUT2D eigenvalue weighted by Gasteiger charge is -2.15. The summed E-state index contributed by atoms with van der Waals surface area (Å²) in [5.74, 6) is 0.303. The Kier molecular flexibility index (Phi) is 7.66. The molecular weight excluding hydrogens is 394 g/mol. The molecule has 3 rings (SSSR count). The molecular formula is C24H25N3O4. The summed E-state index contributed by atoms with van der Waals surface area (Å²) < 4.78 is 11.3. The van der Waals surface area contributed by atoms with Gasteiger partial charge in [-0.3, -0.25) is 9.59 Å². The van der Waals surface area contributed by atoms with E-state index in [0.29, 0.717) is 42.4 Å². The summed E-state index contributed by atoms with van der Waals surface area (Å²) in [4.78, 5) is 26.4. The summed E-state index contributed by atoms with van der Waals surface area (Å²) >= 11 is 0. The molecule has 7 nitrogen and oxygen atoms in total. The number of likely N-dealkylation sites (tertiary alicyclic amines) is 1. The smallest absolute Gasteiger partial charge is 0.264 e. The molecule has 0 radical (unpaired) electrons. The Morgan fingerprint density at radius 3 is 2.52 bits per heavy atom. The van der Waals surface area contributed by atoms with E-state index in [4.69, 9.17) is 9.47 Å². The molecule has 0 spiro atoms. The number of amides is 2. The van der Waals surface area contributed by atoms with Gasteiger partial charge in [-0.05, 0) is 55.7 Å². The molecule has 1 saturated heterocycles. The summed E-state index contributed by atoms with van der Waals surface area (Å²) in [6.07, 6.45) is 3.47. The Morgan fingerprint density at radius 2 is 1.84 bits per heavy atom. The van der Waals surface area contributed by atoms with Crippen molar-refractivity contribution in [3.63, 3.8) is 0 Å². The Morgan fingerprint density at radius 1 is 1.10 bits per heavy atom. The van der Waals surface area contributed by atoms with Crippen LogP contribution in [0, 0.1) is 11.3 Å². The van der Waals surface area contributed by atoms with Gasteiger partial charge in [0.2, 0.25) is 0 Å². The molecule has 0 unspecified atom stereocenters. The third kappa shape index (κ3) is 6.09. The fourth-order valence-corrected chi connectivity index (χ4v) is 3.26. The molecule has 0 atom stereocenters. The van der Waals surface area contributed by atoms with Crippen molar-refractivity contribution in [2.24, 2.45) is 0 Å². The van der Waals surface area contributed by atoms with Crippen LogP contribution in [-0.4, -0.2) is 43.0 Å². The Labute approximate surface area is 181 Å². The van der Waals surface area contributed by atoms with E-state index in [1.165, 1.54) is 0 Å². The van der Waals surface area contributed by atoms with Gasteiger partial charge in [0, 0.05) is 18.8 Å². The summed E-state index contributed by atoms with van der Waals surface area (Å²) in [6.45, 7) is 3.42. The van der Waals surface area contributed by atoms with E-state index in [1.54, 1.807) is 41.3 Å². The Bertz CT molecular complexity index is 990. The van der Waals surface area contributed by atoms with Gasteiger partial charge in [0.25, 0.3) is 11.8 Å². The van der Waals surface area contributed by atoms with Gasteiger partial charge in [-0.25, -0.2) is 0 Å². The molecule has 1 heterocycles. The van der Waals surface area contributed by atoms with Crippen molar-refractivity contribution in [1.29, 1.82) is 5.26 Å². The SMILES string of the molecule is CCOc1cc(/C=C(\C#N)C(=O)N2CCCC2)ccc1OCC(=O)Nc1ccccc1. The molecule has 1 N–H and O–H groups in total. The minimum Gasteiger partial charge on any atom is -0.490 e. The molecule has 1 fully saturated rings. The zero-order chi connectivity index (χ0) is 22.1. The van der Waals surface area contributed by atoms with Crippen LogP contribution in [-0.2, 0) is 9.59 Å². The molecule has 0 saturated carbocycles. The van der Waals surface area contributed by atoms with Crippen LogP contribution in [0.25, 0.3) is 6.08 Å². The highest BCUT2D eigenvalue weighted by atomic mass is 16.5. The van der Waals surface area contributed by atoms with E-state index in [9.17, 15) is 14.9 Å². The third-order valence-corrected chi connectivity index (χ3v) is 4.74. The highest BCUT2D eigenvalue weighted by Crippen LogP contribution is 2.29. The van der Waals surface area contributed by atoms with Gasteiger partial charge in [-0.1, -0.05) is 24.3 Å². The highest BCUT2D eigenvalue weighted by molar-refractivity contribution is 6.01. The number of nitriles is 1. The van der Waals surface area contributed by atoms with Gasteiger partial charge >= 0.3 is 0 Å². The van der Waals surface area contributed by atoms with Crippen LogP contribution in [0.3, 0.4) is 0 Å². The monoisotopic (exact) mass is 419 g/mol. The zero-order valence-corrected chi connectivity index (χ0v) is 17.5. The number of ether oxygens (including phenoxy) is 2. The fraction of sp³-hybridized carbons (Fsp3) is 0.292. The average Bonchev–Trinajstić information content (AvgIpc) is 3.32. The van der Waals surface area contributed by atoms with Gasteiger partial charge in [0.15, 0.2) is 18.1 Å². The molecule has 0 bridgehead atoms. The maximum atomic E-state index is 12.5. The maximum absolute atomic E-state index is 12.5. The number of nitrogens with one attached hydrogen (secondary N) is 1. The molecule has 0 aromatic heterocycles. The van der Waals surface area contributed by atoms with Gasteiger partial charge in [0.1, 0.15) is 11.6 Å². The van der Waals surface area contributed by atoms with E-state index in [2.05, 4.69) is 5.32 Å². The largest absolute Gasteiger partial charge is 0.490 e. The van der Waals surface area contributed by atoms with Crippen LogP contribution < -0.4 is 14.8 Å². The van der Waals surface area contributed by atoms with Crippen LogP contribution in [0.1, 0.15) is 25.3 Å². The fourth-order valence-electron chi connectivity index (χ4n) is 3.26. The van der Waals surface area contributed by atoms with E-state index >= 15 is 0 Å². The van der Waals surface area contributed by atoms with Crippen LogP contribution in [0.5, 0.6) is 11.5 Å². The normalized spacial score (nSPS) is 13.4. The zero-order valence-electron chi connectivity index (χ0n) is 17.5. The standard InChI is InChI=1S/C24H25N3O4/c1-2-30-22-15-18(14-19(16-25)24(29)27-12-6-7-13-27)10-11-21(22)31-17-23(28)26-20-8-4-3-5-9-20/h3-5,8-11,14-15H,2,6-7,12-13,17H2,1H3,(H,26,28)/b19-14+. The van der Waals surface area contributed by atoms with Crippen LogP contribution in [0.15, 0.2) is 54.1 Å². The first-order valence-corrected chi connectivity index (χ1v) is 10.3. The highest BCUT2D eigenvalue weighted by Gasteiger charge is 2.21. The molecule has 7 heteroatoms. The lowest BCUT2D eigenvalue weighted by atomic mass is 10.1. The summed E-state index contributed by atoms with van der Waals surface area (Å²) in [5, 5.41) is 12.2. The number of benzene rings is 2. The van der Waals surface area contributed by atoms with E-state index in [-0.39, 0.29) is 24.0 Å². The lowest BCUT2D eigenvalue weighted by molar-refractivity contribution is -0.125. The molecule has 2 aromatic carbocycles. The quantitative estimate of drug-likeness (QED) is 0.521. The number of rotatable bonds is 8. The van der Waals surface area contributed by atoms with Gasteiger partial charge in [-0.2, -0.15) is 5.26 Å². The summed E-state index contributed by atoms with van der Waals surface area (Å²) in [5.41, 5.74) is 1.42. The Hall–Kier alpha value is -3.79. The minimum atomic E-state index is -0.291. The van der Waals surface area contributed by atoms with E-state index in [0.717, 1.165) is 12.8 Å². The predicted molar refractivity (Wildman–Crippen MR) is 118 cm³/mol. The molecule has 160 valence electrons. The van der Waals surface area contributed by atoms with Gasteiger partial charge in [0.05, 0.1) is 6.61 Å². The van der Waals surface area contributed by atoms with Crippen molar-refractivity contribution in [2.75, 3.05) is 31.6 Å². The van der Waals surface area contributed by atoms with Crippen molar-refractivity contribution in [2.45, 2.75) is 19.8 Å². The third-order valence-electron chi connectivity index (χ3n) is 4.74. The second-order valence-electron chi connectivity index (χ2n) is 7.01. The summed E-state index contributed by atoms with van der Waals surface area (Å²) in [6, 6.07) is 16.2. The molecule has 0 aliphatic carbocycles. The van der Waals surface area contributed by atoms with Crippen molar-refractivity contribution in [3.8, 4) is 17.6 Å². The molecule has 2 amide bonds. The van der Waals surface area contributed by atoms with E-state index in [1.807, 2.05) is 31.2 Å². The summed E-state index contributed by atoms with van der Waals surface area (Å²) in [7, 11) is 0. The first-order chi connectivity index (χ1) is 15.1. The predicted octanol–water partition coefficient (Wildman–Crippen LogP) is 3.63. The second-order valence-corrected chi connectivity index (χ2v) is 7.01. The second kappa shape index (κ2) is 10.8. The minimum absolute atomic E-state index is 0.0836. The van der Waals surface area contributed by atoms with E-state index < -0.39 is 0 Å². The number of nitrogens with zero attached hydrogens (tertiary/aromatic N) is 2. The number of hydrogen-bond acceptors (Lipinski definition) is 5.